The van der Waals surface area contributed by atoms with Gasteiger partial charge in [0.2, 0.25) is 10.0 Å². The molecule has 0 N–H and O–H groups in total. The predicted molar refractivity (Wildman–Crippen MR) is 76.5 cm³/mol. The van der Waals surface area contributed by atoms with Gasteiger partial charge in [0.1, 0.15) is 0 Å². The molecule has 0 radical (unpaired) electrons. The smallest absolute Gasteiger partial charge is 0.207 e. The van der Waals surface area contributed by atoms with Gasteiger partial charge in [0.05, 0.1) is 10.9 Å². The van der Waals surface area contributed by atoms with Crippen molar-refractivity contribution in [2.24, 2.45) is 0 Å². The fourth-order valence-electron chi connectivity index (χ4n) is 2.57. The third-order valence-electron chi connectivity index (χ3n) is 3.57. The van der Waals surface area contributed by atoms with Crippen LogP contribution in [0.2, 0.25) is 0 Å². The largest absolute Gasteiger partial charge is 0.243 e. The molecule has 1 fully saturated rings. The van der Waals surface area contributed by atoms with Crippen molar-refractivity contribution >= 4 is 21.4 Å². The molecule has 1 atom stereocenters. The normalized spacial score (nSPS) is 20.0. The van der Waals surface area contributed by atoms with Gasteiger partial charge in [-0.15, -0.1) is 11.3 Å². The van der Waals surface area contributed by atoms with Crippen LogP contribution in [-0.4, -0.2) is 19.3 Å². The standard InChI is InChI=1S/C14H13F2NO2S2/c15-11-6-5-10(9-12(11)16)21(18,19)17-7-1-3-13(17)14-4-2-8-20-14/h2,4-6,8-9,13H,1,3,7H2. The number of rotatable bonds is 3. The summed E-state index contributed by atoms with van der Waals surface area (Å²) in [6, 6.07) is 6.25. The van der Waals surface area contributed by atoms with E-state index in [1.54, 1.807) is 0 Å². The van der Waals surface area contributed by atoms with Gasteiger partial charge in [-0.3, -0.25) is 0 Å². The summed E-state index contributed by atoms with van der Waals surface area (Å²) in [7, 11) is -3.82. The van der Waals surface area contributed by atoms with E-state index in [9.17, 15) is 17.2 Å². The highest BCUT2D eigenvalue weighted by Gasteiger charge is 2.36. The van der Waals surface area contributed by atoms with E-state index >= 15 is 0 Å². The first-order valence-corrected chi connectivity index (χ1v) is 8.82. The van der Waals surface area contributed by atoms with Crippen LogP contribution in [-0.2, 0) is 10.0 Å². The molecule has 2 aromatic rings. The summed E-state index contributed by atoms with van der Waals surface area (Å²) >= 11 is 1.50. The Morgan fingerprint density at radius 2 is 2.00 bits per heavy atom. The second kappa shape index (κ2) is 5.47. The average molecular weight is 329 g/mol. The quantitative estimate of drug-likeness (QED) is 0.863. The highest BCUT2D eigenvalue weighted by atomic mass is 32.2. The summed E-state index contributed by atoms with van der Waals surface area (Å²) < 4.78 is 53.0. The van der Waals surface area contributed by atoms with E-state index in [-0.39, 0.29) is 10.9 Å². The summed E-state index contributed by atoms with van der Waals surface area (Å²) in [6.45, 7) is 0.393. The lowest BCUT2D eigenvalue weighted by Crippen LogP contribution is -2.30. The van der Waals surface area contributed by atoms with Crippen molar-refractivity contribution in [3.63, 3.8) is 0 Å². The fraction of sp³-hybridized carbons (Fsp3) is 0.286. The van der Waals surface area contributed by atoms with Gasteiger partial charge in [0.15, 0.2) is 11.6 Å². The molecule has 7 heteroatoms. The lowest BCUT2D eigenvalue weighted by molar-refractivity contribution is 0.400. The van der Waals surface area contributed by atoms with Crippen LogP contribution in [0.1, 0.15) is 23.8 Å². The van der Waals surface area contributed by atoms with Gasteiger partial charge in [0, 0.05) is 11.4 Å². The Hall–Kier alpha value is -1.31. The van der Waals surface area contributed by atoms with Crippen LogP contribution in [0.4, 0.5) is 8.78 Å². The maximum atomic E-state index is 13.3. The third kappa shape index (κ3) is 2.61. The molecule has 21 heavy (non-hydrogen) atoms. The zero-order valence-corrected chi connectivity index (χ0v) is 12.6. The molecule has 1 aliphatic rings. The van der Waals surface area contributed by atoms with Crippen molar-refractivity contribution in [2.45, 2.75) is 23.8 Å². The molecule has 1 aromatic heterocycles. The van der Waals surface area contributed by atoms with Gasteiger partial charge in [-0.2, -0.15) is 4.31 Å². The Bertz CT molecular complexity index is 744. The molecule has 1 saturated heterocycles. The molecule has 0 saturated carbocycles. The van der Waals surface area contributed by atoms with Crippen LogP contribution in [0.15, 0.2) is 40.6 Å². The molecule has 1 aromatic carbocycles. The van der Waals surface area contributed by atoms with Crippen molar-refractivity contribution < 1.29 is 17.2 Å². The molecule has 1 aliphatic heterocycles. The average Bonchev–Trinajstić information content (AvgIpc) is 3.11. The molecule has 0 spiro atoms. The number of hydrogen-bond acceptors (Lipinski definition) is 3. The van der Waals surface area contributed by atoms with Crippen LogP contribution in [0.5, 0.6) is 0 Å². The van der Waals surface area contributed by atoms with Crippen LogP contribution >= 0.6 is 11.3 Å². The van der Waals surface area contributed by atoms with Gasteiger partial charge in [-0.05, 0) is 42.5 Å². The van der Waals surface area contributed by atoms with Gasteiger partial charge in [0.25, 0.3) is 0 Å². The molecular weight excluding hydrogens is 316 g/mol. The molecule has 0 amide bonds. The van der Waals surface area contributed by atoms with E-state index in [0.29, 0.717) is 6.54 Å². The molecule has 0 aliphatic carbocycles. The molecule has 1 unspecified atom stereocenters. The second-order valence-corrected chi connectivity index (χ2v) is 7.73. The summed E-state index contributed by atoms with van der Waals surface area (Å²) in [6.07, 6.45) is 1.49. The molecular formula is C14H13F2NO2S2. The lowest BCUT2D eigenvalue weighted by Gasteiger charge is -2.23. The van der Waals surface area contributed by atoms with Crippen molar-refractivity contribution in [1.82, 2.24) is 4.31 Å². The first-order valence-electron chi connectivity index (χ1n) is 6.50. The van der Waals surface area contributed by atoms with E-state index < -0.39 is 21.7 Å². The van der Waals surface area contributed by atoms with Crippen molar-refractivity contribution in [3.05, 3.63) is 52.2 Å². The number of benzene rings is 1. The monoisotopic (exact) mass is 329 g/mol. The van der Waals surface area contributed by atoms with Gasteiger partial charge in [-0.25, -0.2) is 17.2 Å². The lowest BCUT2D eigenvalue weighted by atomic mass is 10.2. The zero-order valence-electron chi connectivity index (χ0n) is 11.0. The SMILES string of the molecule is O=S(=O)(c1ccc(F)c(F)c1)N1CCCC1c1cccs1. The summed E-state index contributed by atoms with van der Waals surface area (Å²) in [5.41, 5.74) is 0. The number of sulfonamides is 1. The predicted octanol–water partition coefficient (Wildman–Crippen LogP) is 3.55. The highest BCUT2D eigenvalue weighted by molar-refractivity contribution is 7.89. The highest BCUT2D eigenvalue weighted by Crippen LogP contribution is 2.38. The van der Waals surface area contributed by atoms with Gasteiger partial charge < -0.3 is 0 Å². The Labute approximate surface area is 125 Å². The maximum absolute atomic E-state index is 13.3. The first-order chi connectivity index (χ1) is 10.00. The number of thiophene rings is 1. The fourth-order valence-corrected chi connectivity index (χ4v) is 5.19. The minimum absolute atomic E-state index is 0.204. The second-order valence-electron chi connectivity index (χ2n) is 4.87. The molecule has 3 rings (SSSR count). The number of halogens is 2. The van der Waals surface area contributed by atoms with Gasteiger partial charge in [-0.1, -0.05) is 6.07 Å². The minimum atomic E-state index is -3.82. The van der Waals surface area contributed by atoms with E-state index in [0.717, 1.165) is 35.9 Å². The zero-order chi connectivity index (χ0) is 15.0. The number of hydrogen-bond donors (Lipinski definition) is 0. The molecule has 112 valence electrons. The molecule has 3 nitrogen and oxygen atoms in total. The topological polar surface area (TPSA) is 37.4 Å². The maximum Gasteiger partial charge on any atom is 0.243 e. The van der Waals surface area contributed by atoms with Crippen LogP contribution in [0.3, 0.4) is 0 Å². The van der Waals surface area contributed by atoms with E-state index in [1.807, 2.05) is 17.5 Å². The van der Waals surface area contributed by atoms with Crippen molar-refractivity contribution in [2.75, 3.05) is 6.54 Å². The summed E-state index contributed by atoms with van der Waals surface area (Å²) in [4.78, 5) is 0.767. The molecule has 2 heterocycles. The number of nitrogens with zero attached hydrogens (tertiary/aromatic N) is 1. The Balaban J connectivity index is 1.99. The molecule has 0 bridgehead atoms. The minimum Gasteiger partial charge on any atom is -0.207 e. The van der Waals surface area contributed by atoms with Crippen molar-refractivity contribution in [1.29, 1.82) is 0 Å². The van der Waals surface area contributed by atoms with E-state index in [2.05, 4.69) is 0 Å². The van der Waals surface area contributed by atoms with Crippen LogP contribution in [0.25, 0.3) is 0 Å². The summed E-state index contributed by atoms with van der Waals surface area (Å²) in [5.74, 6) is -2.20. The Kier molecular flexibility index (Phi) is 3.81. The Morgan fingerprint density at radius 3 is 2.67 bits per heavy atom. The van der Waals surface area contributed by atoms with Crippen molar-refractivity contribution in [3.8, 4) is 0 Å². The third-order valence-corrected chi connectivity index (χ3v) is 6.45. The van der Waals surface area contributed by atoms with Crippen LogP contribution < -0.4 is 0 Å². The summed E-state index contributed by atoms with van der Waals surface area (Å²) in [5, 5.41) is 1.90. The van der Waals surface area contributed by atoms with Crippen LogP contribution in [0, 0.1) is 11.6 Å². The van der Waals surface area contributed by atoms with Gasteiger partial charge >= 0.3 is 0 Å². The Morgan fingerprint density at radius 1 is 1.19 bits per heavy atom. The van der Waals surface area contributed by atoms with E-state index in [4.69, 9.17) is 0 Å². The van der Waals surface area contributed by atoms with E-state index in [1.165, 1.54) is 15.6 Å². The first kappa shape index (κ1) is 14.6.